The molecule has 6 rings (SSSR count). The molecular weight excluding hydrogens is 386 g/mol. The van der Waals surface area contributed by atoms with Gasteiger partial charge in [-0.2, -0.15) is 5.10 Å². The number of fused-ring (bicyclic) bond motifs is 5. The summed E-state index contributed by atoms with van der Waals surface area (Å²) >= 11 is 0. The van der Waals surface area contributed by atoms with Crippen LogP contribution in [-0.2, 0) is 0 Å². The van der Waals surface area contributed by atoms with E-state index in [4.69, 9.17) is 14.6 Å². The fraction of sp³-hybridized carbons (Fsp3) is 0.346. The molecule has 5 nitrogen and oxygen atoms in total. The van der Waals surface area contributed by atoms with Gasteiger partial charge in [0.2, 0.25) is 5.72 Å². The highest BCUT2D eigenvalue weighted by Crippen LogP contribution is 2.52. The van der Waals surface area contributed by atoms with Gasteiger partial charge in [0.1, 0.15) is 0 Å². The molecule has 5 heteroatoms. The Morgan fingerprint density at radius 1 is 1.00 bits per heavy atom. The standard InChI is InChI=1S/C26H27N3O2/c1-28-14-12-26(13-15-28)29-23(21-8-5-9-24(30-2)25(21)31-26)17-22(27-29)20-11-10-18-6-3-4-7-19(18)16-20/h3-11,16,23H,12-15,17H2,1-2H3. The van der Waals surface area contributed by atoms with E-state index in [0.717, 1.165) is 49.6 Å². The van der Waals surface area contributed by atoms with Crippen LogP contribution in [0.1, 0.15) is 36.4 Å². The van der Waals surface area contributed by atoms with Gasteiger partial charge in [-0.05, 0) is 35.5 Å². The number of ether oxygens (including phenoxy) is 2. The van der Waals surface area contributed by atoms with E-state index in [0.29, 0.717) is 0 Å². The van der Waals surface area contributed by atoms with Crippen LogP contribution < -0.4 is 9.47 Å². The van der Waals surface area contributed by atoms with E-state index in [1.165, 1.54) is 21.9 Å². The lowest BCUT2D eigenvalue weighted by Crippen LogP contribution is -2.58. The molecule has 3 aromatic carbocycles. The summed E-state index contributed by atoms with van der Waals surface area (Å²) in [4.78, 5) is 2.37. The molecule has 0 aromatic heterocycles. The summed E-state index contributed by atoms with van der Waals surface area (Å²) in [5.41, 5.74) is 3.08. The number of piperidine rings is 1. The second-order valence-corrected chi connectivity index (χ2v) is 8.90. The van der Waals surface area contributed by atoms with Crippen LogP contribution in [0, 0.1) is 0 Å². The van der Waals surface area contributed by atoms with Crippen molar-refractivity contribution in [1.82, 2.24) is 9.91 Å². The molecule has 1 unspecified atom stereocenters. The average molecular weight is 414 g/mol. The van der Waals surface area contributed by atoms with Gasteiger partial charge in [0.05, 0.1) is 18.9 Å². The number of hydrazone groups is 1. The third kappa shape index (κ3) is 2.91. The smallest absolute Gasteiger partial charge is 0.200 e. The number of benzene rings is 3. The van der Waals surface area contributed by atoms with Crippen LogP contribution in [0.4, 0.5) is 0 Å². The van der Waals surface area contributed by atoms with Crippen molar-refractivity contribution in [2.24, 2.45) is 5.10 Å². The molecule has 0 aliphatic carbocycles. The number of methoxy groups -OCH3 is 1. The van der Waals surface area contributed by atoms with Crippen LogP contribution in [0.15, 0.2) is 65.8 Å². The second-order valence-electron chi connectivity index (χ2n) is 8.90. The summed E-state index contributed by atoms with van der Waals surface area (Å²) in [6, 6.07) is 21.6. The molecule has 3 aromatic rings. The maximum Gasteiger partial charge on any atom is 0.200 e. The number of hydrogen-bond acceptors (Lipinski definition) is 5. The molecule has 0 amide bonds. The van der Waals surface area contributed by atoms with Gasteiger partial charge in [-0.25, -0.2) is 5.01 Å². The van der Waals surface area contributed by atoms with Crippen molar-refractivity contribution in [2.45, 2.75) is 31.0 Å². The van der Waals surface area contributed by atoms with Gasteiger partial charge in [0.25, 0.3) is 0 Å². The molecule has 0 radical (unpaired) electrons. The molecule has 3 aliphatic rings. The summed E-state index contributed by atoms with van der Waals surface area (Å²) in [5.74, 6) is 1.71. The molecule has 0 saturated carbocycles. The number of nitrogens with zero attached hydrogens (tertiary/aromatic N) is 3. The third-order valence-electron chi connectivity index (χ3n) is 7.06. The first-order valence-corrected chi connectivity index (χ1v) is 11.1. The van der Waals surface area contributed by atoms with Gasteiger partial charge in [-0.3, -0.25) is 0 Å². The van der Waals surface area contributed by atoms with Gasteiger partial charge < -0.3 is 14.4 Å². The summed E-state index contributed by atoms with van der Waals surface area (Å²) in [7, 11) is 3.90. The minimum Gasteiger partial charge on any atom is -0.493 e. The van der Waals surface area contributed by atoms with E-state index in [9.17, 15) is 0 Å². The fourth-order valence-electron chi connectivity index (χ4n) is 5.27. The van der Waals surface area contributed by atoms with Crippen molar-refractivity contribution in [3.8, 4) is 11.5 Å². The molecule has 0 N–H and O–H groups in total. The van der Waals surface area contributed by atoms with E-state index in [2.05, 4.69) is 71.6 Å². The largest absolute Gasteiger partial charge is 0.493 e. The maximum atomic E-state index is 6.77. The van der Waals surface area contributed by atoms with E-state index in [1.54, 1.807) is 7.11 Å². The Labute approximate surface area is 182 Å². The lowest BCUT2D eigenvalue weighted by Gasteiger charge is -2.50. The van der Waals surface area contributed by atoms with Crippen LogP contribution in [0.2, 0.25) is 0 Å². The first kappa shape index (κ1) is 18.7. The van der Waals surface area contributed by atoms with Gasteiger partial charge in [-0.15, -0.1) is 0 Å². The minimum absolute atomic E-state index is 0.170. The van der Waals surface area contributed by atoms with Crippen LogP contribution in [0.3, 0.4) is 0 Å². The Morgan fingerprint density at radius 2 is 1.81 bits per heavy atom. The van der Waals surface area contributed by atoms with Crippen molar-refractivity contribution in [3.63, 3.8) is 0 Å². The highest BCUT2D eigenvalue weighted by Gasteiger charge is 2.52. The molecule has 31 heavy (non-hydrogen) atoms. The monoisotopic (exact) mass is 413 g/mol. The quantitative estimate of drug-likeness (QED) is 0.604. The molecule has 0 bridgehead atoms. The van der Waals surface area contributed by atoms with Crippen LogP contribution in [0.5, 0.6) is 11.5 Å². The zero-order chi connectivity index (χ0) is 21.0. The first-order chi connectivity index (χ1) is 15.2. The zero-order valence-electron chi connectivity index (χ0n) is 18.0. The van der Waals surface area contributed by atoms with Crippen LogP contribution in [-0.4, -0.2) is 48.6 Å². The molecule has 1 spiro atoms. The molecule has 3 heterocycles. The van der Waals surface area contributed by atoms with Gasteiger partial charge >= 0.3 is 0 Å². The van der Waals surface area contributed by atoms with E-state index < -0.39 is 5.72 Å². The molecule has 158 valence electrons. The fourth-order valence-corrected chi connectivity index (χ4v) is 5.27. The Kier molecular flexibility index (Phi) is 4.22. The Hall–Kier alpha value is -3.05. The number of para-hydroxylation sites is 1. The molecule has 1 atom stereocenters. The van der Waals surface area contributed by atoms with Crippen LogP contribution >= 0.6 is 0 Å². The Morgan fingerprint density at radius 3 is 2.61 bits per heavy atom. The molecule has 1 saturated heterocycles. The Balaban J connectivity index is 1.45. The summed E-state index contributed by atoms with van der Waals surface area (Å²) < 4.78 is 12.5. The highest BCUT2D eigenvalue weighted by molar-refractivity contribution is 6.04. The normalized spacial score (nSPS) is 22.1. The van der Waals surface area contributed by atoms with Crippen molar-refractivity contribution in [1.29, 1.82) is 0 Å². The Bertz CT molecular complexity index is 1180. The lowest BCUT2D eigenvalue weighted by molar-refractivity contribution is -0.148. The average Bonchev–Trinajstić information content (AvgIpc) is 3.27. The topological polar surface area (TPSA) is 37.3 Å². The number of likely N-dealkylation sites (tertiary alicyclic amines) is 1. The van der Waals surface area contributed by atoms with E-state index >= 15 is 0 Å². The molecule has 1 fully saturated rings. The van der Waals surface area contributed by atoms with E-state index in [1.807, 2.05) is 6.07 Å². The number of hydrogen-bond donors (Lipinski definition) is 0. The minimum atomic E-state index is -0.419. The van der Waals surface area contributed by atoms with Gasteiger partial charge in [0, 0.05) is 37.9 Å². The van der Waals surface area contributed by atoms with Crippen molar-refractivity contribution < 1.29 is 9.47 Å². The van der Waals surface area contributed by atoms with Crippen molar-refractivity contribution in [2.75, 3.05) is 27.2 Å². The SMILES string of the molecule is COc1cccc2c1OC1(CCN(C)CC1)N1N=C(c3ccc4ccccc4c3)CC21. The van der Waals surface area contributed by atoms with Crippen LogP contribution in [0.25, 0.3) is 10.8 Å². The van der Waals surface area contributed by atoms with Gasteiger partial charge in [-0.1, -0.05) is 48.5 Å². The third-order valence-corrected chi connectivity index (χ3v) is 7.06. The summed E-state index contributed by atoms with van der Waals surface area (Å²) in [6.07, 6.45) is 2.72. The van der Waals surface area contributed by atoms with Crippen molar-refractivity contribution >= 4 is 16.5 Å². The summed E-state index contributed by atoms with van der Waals surface area (Å²) in [5, 5.41) is 9.99. The van der Waals surface area contributed by atoms with E-state index in [-0.39, 0.29) is 6.04 Å². The van der Waals surface area contributed by atoms with Gasteiger partial charge in [0.15, 0.2) is 11.5 Å². The first-order valence-electron chi connectivity index (χ1n) is 11.1. The van der Waals surface area contributed by atoms with Crippen molar-refractivity contribution in [3.05, 3.63) is 71.8 Å². The predicted octanol–water partition coefficient (Wildman–Crippen LogP) is 4.81. The lowest BCUT2D eigenvalue weighted by atomic mass is 9.90. The highest BCUT2D eigenvalue weighted by atomic mass is 16.5. The maximum absolute atomic E-state index is 6.77. The summed E-state index contributed by atoms with van der Waals surface area (Å²) in [6.45, 7) is 1.99. The predicted molar refractivity (Wildman–Crippen MR) is 123 cm³/mol. The molecular formula is C26H27N3O2. The second kappa shape index (κ2) is 6.99. The number of rotatable bonds is 2. The molecule has 3 aliphatic heterocycles. The zero-order valence-corrected chi connectivity index (χ0v) is 18.0.